The highest BCUT2D eigenvalue weighted by atomic mass is 19.3. The zero-order valence-corrected chi connectivity index (χ0v) is 20.2. The largest absolute Gasteiger partial charge is 0.481 e. The third-order valence-electron chi connectivity index (χ3n) is 5.73. The van der Waals surface area contributed by atoms with E-state index in [-0.39, 0.29) is 18.4 Å². The predicted molar refractivity (Wildman–Crippen MR) is 125 cm³/mol. The van der Waals surface area contributed by atoms with Crippen molar-refractivity contribution in [3.63, 3.8) is 0 Å². The minimum absolute atomic E-state index is 0.0404. The van der Waals surface area contributed by atoms with E-state index in [9.17, 15) is 36.3 Å². The minimum Gasteiger partial charge on any atom is -0.481 e. The monoisotopic (exact) mass is 557 g/mol. The fraction of sp³-hybridized carbons (Fsp3) is 0.333. The number of rotatable bonds is 10. The molecule has 1 aliphatic rings. The van der Waals surface area contributed by atoms with Gasteiger partial charge >= 0.3 is 5.69 Å². The molecule has 0 radical (unpaired) electrons. The highest BCUT2D eigenvalue weighted by Gasteiger charge is 2.30. The van der Waals surface area contributed by atoms with Gasteiger partial charge in [-0.15, -0.1) is 5.10 Å². The number of amides is 2. The van der Waals surface area contributed by atoms with E-state index >= 15 is 4.39 Å². The van der Waals surface area contributed by atoms with Crippen molar-refractivity contribution in [3.8, 4) is 11.4 Å². The van der Waals surface area contributed by atoms with Crippen LogP contribution in [0.25, 0.3) is 5.69 Å². The van der Waals surface area contributed by atoms with Crippen molar-refractivity contribution in [2.24, 2.45) is 0 Å². The summed E-state index contributed by atoms with van der Waals surface area (Å²) in [6.45, 7) is -0.236. The lowest BCUT2D eigenvalue weighted by molar-refractivity contribution is -0.00159. The van der Waals surface area contributed by atoms with Gasteiger partial charge in [0.2, 0.25) is 5.82 Å². The summed E-state index contributed by atoms with van der Waals surface area (Å²) in [5.74, 6) is -6.98. The molecule has 1 saturated carbocycles. The van der Waals surface area contributed by atoms with Gasteiger partial charge in [-0.3, -0.25) is 14.2 Å². The zero-order valence-electron chi connectivity index (χ0n) is 20.2. The van der Waals surface area contributed by atoms with E-state index in [0.29, 0.717) is 16.8 Å². The van der Waals surface area contributed by atoms with E-state index in [1.165, 1.54) is 6.92 Å². The van der Waals surface area contributed by atoms with Gasteiger partial charge in [-0.05, 0) is 38.0 Å². The number of anilines is 1. The van der Waals surface area contributed by atoms with Crippen LogP contribution in [0.15, 0.2) is 35.1 Å². The van der Waals surface area contributed by atoms with Gasteiger partial charge in [-0.2, -0.15) is 4.68 Å². The van der Waals surface area contributed by atoms with E-state index in [1.807, 2.05) is 5.32 Å². The average molecular weight is 557 g/mol. The summed E-state index contributed by atoms with van der Waals surface area (Å²) in [6, 6.07) is 3.64. The number of benzene rings is 2. The van der Waals surface area contributed by atoms with Crippen LogP contribution in [-0.4, -0.2) is 51.4 Å². The Labute approximate surface area is 216 Å². The second-order valence-electron chi connectivity index (χ2n) is 8.51. The van der Waals surface area contributed by atoms with Crippen molar-refractivity contribution < 1.29 is 40.7 Å². The van der Waals surface area contributed by atoms with Gasteiger partial charge in [-0.25, -0.2) is 31.1 Å². The fourth-order valence-corrected chi connectivity index (χ4v) is 3.58. The van der Waals surface area contributed by atoms with Gasteiger partial charge in [0.15, 0.2) is 6.10 Å². The highest BCUT2D eigenvalue weighted by molar-refractivity contribution is 6.06. The molecule has 0 unspecified atom stereocenters. The van der Waals surface area contributed by atoms with E-state index in [0.717, 1.165) is 35.6 Å². The molecule has 15 heteroatoms. The number of carbonyl (C=O) groups excluding carboxylic acids is 2. The summed E-state index contributed by atoms with van der Waals surface area (Å²) >= 11 is 0. The highest BCUT2D eigenvalue weighted by Crippen LogP contribution is 2.29. The normalized spacial score (nSPS) is 13.8. The molecule has 208 valence electrons. The first-order chi connectivity index (χ1) is 18.5. The standard InChI is InChI=1S/C24H21F6N5O4/c1-2-34-21(23(37)31-11-6-7-11)33-35(24(34)38)16-9-17(39-18(10-25)20(29)30)12(8-15(16)28)22(36)32-19-13(26)4-3-5-14(19)27/h3-5,8-9,11,18,20H,2,6-7,10H2,1H3,(H,31,37)(H,32,36)/t18-/m0/s1. The topological polar surface area (TPSA) is 107 Å². The number of nitrogens with zero attached hydrogens (tertiary/aromatic N) is 3. The maximum absolute atomic E-state index is 15.3. The molecule has 9 nitrogen and oxygen atoms in total. The van der Waals surface area contributed by atoms with Crippen molar-refractivity contribution in [2.75, 3.05) is 12.0 Å². The lowest BCUT2D eigenvalue weighted by Crippen LogP contribution is -2.31. The van der Waals surface area contributed by atoms with Crippen molar-refractivity contribution in [1.82, 2.24) is 19.7 Å². The number of hydrogen-bond donors (Lipinski definition) is 2. The number of para-hydroxylation sites is 1. The quantitative estimate of drug-likeness (QED) is 0.371. The van der Waals surface area contributed by atoms with Gasteiger partial charge in [-0.1, -0.05) is 6.07 Å². The molecule has 2 amide bonds. The Bertz CT molecular complexity index is 1450. The second-order valence-corrected chi connectivity index (χ2v) is 8.51. The molecule has 0 saturated heterocycles. The van der Waals surface area contributed by atoms with Gasteiger partial charge < -0.3 is 15.4 Å². The number of aromatic nitrogens is 3. The molecule has 2 N–H and O–H groups in total. The van der Waals surface area contributed by atoms with Crippen molar-refractivity contribution in [1.29, 1.82) is 0 Å². The average Bonchev–Trinajstić information content (AvgIpc) is 3.64. The van der Waals surface area contributed by atoms with Crippen LogP contribution >= 0.6 is 0 Å². The van der Waals surface area contributed by atoms with Crippen LogP contribution in [0.1, 0.15) is 40.7 Å². The lowest BCUT2D eigenvalue weighted by Gasteiger charge is -2.19. The SMILES string of the molecule is CCn1c(C(=O)NC2CC2)nn(-c2cc(O[C@@H](CF)C(F)F)c(C(=O)Nc3c(F)cccc3F)cc2F)c1=O. The summed E-state index contributed by atoms with van der Waals surface area (Å²) in [4.78, 5) is 38.3. The summed E-state index contributed by atoms with van der Waals surface area (Å²) in [7, 11) is 0. The Morgan fingerprint density at radius 3 is 2.33 bits per heavy atom. The maximum Gasteiger partial charge on any atom is 0.351 e. The van der Waals surface area contributed by atoms with Gasteiger partial charge in [0.25, 0.3) is 18.2 Å². The molecule has 39 heavy (non-hydrogen) atoms. The second kappa shape index (κ2) is 11.2. The molecular formula is C24H21F6N5O4. The molecule has 3 aromatic rings. The number of alkyl halides is 3. The first-order valence-electron chi connectivity index (χ1n) is 11.7. The van der Waals surface area contributed by atoms with Crippen LogP contribution in [0.4, 0.5) is 32.0 Å². The Balaban J connectivity index is 1.81. The smallest absolute Gasteiger partial charge is 0.351 e. The zero-order chi connectivity index (χ0) is 28.4. The maximum atomic E-state index is 15.3. The van der Waals surface area contributed by atoms with E-state index in [2.05, 4.69) is 10.4 Å². The first-order valence-corrected chi connectivity index (χ1v) is 11.7. The predicted octanol–water partition coefficient (Wildman–Crippen LogP) is 3.60. The van der Waals surface area contributed by atoms with Crippen molar-refractivity contribution >= 4 is 17.5 Å². The van der Waals surface area contributed by atoms with Gasteiger partial charge in [0.05, 0.1) is 5.56 Å². The van der Waals surface area contributed by atoms with Crippen molar-refractivity contribution in [3.05, 3.63) is 69.7 Å². The first kappa shape index (κ1) is 27.7. The molecule has 0 bridgehead atoms. The number of ether oxygens (including phenoxy) is 1. The van der Waals surface area contributed by atoms with Crippen LogP contribution in [0.2, 0.25) is 0 Å². The van der Waals surface area contributed by atoms with Gasteiger partial charge in [0, 0.05) is 18.7 Å². The minimum atomic E-state index is -3.39. The number of halogens is 6. The third-order valence-corrected chi connectivity index (χ3v) is 5.73. The van der Waals surface area contributed by atoms with E-state index < -0.39 is 76.8 Å². The number of hydrogen-bond acceptors (Lipinski definition) is 5. The molecule has 1 atom stereocenters. The lowest BCUT2D eigenvalue weighted by atomic mass is 10.1. The Morgan fingerprint density at radius 1 is 1.10 bits per heavy atom. The van der Waals surface area contributed by atoms with E-state index in [4.69, 9.17) is 4.74 Å². The Kier molecular flexibility index (Phi) is 7.97. The summed E-state index contributed by atoms with van der Waals surface area (Å²) in [5.41, 5.74) is -3.46. The van der Waals surface area contributed by atoms with Crippen LogP contribution in [0.3, 0.4) is 0 Å². The summed E-state index contributed by atoms with van der Waals surface area (Å²) in [6.07, 6.45) is -4.33. The molecule has 1 aliphatic carbocycles. The van der Waals surface area contributed by atoms with E-state index in [1.54, 1.807) is 0 Å². The molecule has 0 aliphatic heterocycles. The fourth-order valence-electron chi connectivity index (χ4n) is 3.58. The molecule has 1 fully saturated rings. The number of nitrogens with one attached hydrogen (secondary N) is 2. The Hall–Kier alpha value is -4.30. The molecule has 2 aromatic carbocycles. The van der Waals surface area contributed by atoms with Gasteiger partial charge in [0.1, 0.15) is 41.3 Å². The molecule has 4 rings (SSSR count). The third kappa shape index (κ3) is 5.76. The number of carbonyl (C=O) groups is 2. The molecule has 1 aromatic heterocycles. The summed E-state index contributed by atoms with van der Waals surface area (Å²) < 4.78 is 89.5. The van der Waals surface area contributed by atoms with Crippen LogP contribution < -0.4 is 21.1 Å². The van der Waals surface area contributed by atoms with Crippen LogP contribution in [-0.2, 0) is 6.54 Å². The molecular weight excluding hydrogens is 536 g/mol. The van der Waals surface area contributed by atoms with Crippen molar-refractivity contribution in [2.45, 2.75) is 44.9 Å². The summed E-state index contributed by atoms with van der Waals surface area (Å²) in [5, 5.41) is 8.36. The molecule has 0 spiro atoms. The molecule has 1 heterocycles. The Morgan fingerprint density at radius 2 is 1.77 bits per heavy atom. The van der Waals surface area contributed by atoms with Crippen LogP contribution in [0, 0.1) is 17.5 Å². The van der Waals surface area contributed by atoms with Crippen LogP contribution in [0.5, 0.6) is 5.75 Å².